The average Bonchev–Trinajstić information content (AvgIpc) is 2.02. The van der Waals surface area contributed by atoms with Crippen molar-refractivity contribution in [1.82, 2.24) is 5.32 Å². The smallest absolute Gasteiger partial charge is 0.000932 e. The van der Waals surface area contributed by atoms with Crippen LogP contribution in [-0.2, 0) is 0 Å². The normalized spacial score (nSPS) is 12.0. The quantitative estimate of drug-likeness (QED) is 0.494. The van der Waals surface area contributed by atoms with E-state index in [1.54, 1.807) is 0 Å². The Kier molecular flexibility index (Phi) is 8.00. The number of rotatable bonds is 7. The van der Waals surface area contributed by atoms with Gasteiger partial charge < -0.3 is 5.32 Å². The van der Waals surface area contributed by atoms with Crippen LogP contribution in [-0.4, -0.2) is 30.6 Å². The lowest BCUT2D eigenvalue weighted by Crippen LogP contribution is -2.21. The molecule has 0 rings (SSSR count). The van der Waals surface area contributed by atoms with E-state index in [0.29, 0.717) is 0 Å². The van der Waals surface area contributed by atoms with Crippen molar-refractivity contribution in [3.63, 3.8) is 0 Å². The summed E-state index contributed by atoms with van der Waals surface area (Å²) in [6.45, 7) is 14.1. The molecule has 0 aliphatic heterocycles. The molecule has 1 nitrogen and oxygen atoms in total. The second kappa shape index (κ2) is 7.76. The van der Waals surface area contributed by atoms with Gasteiger partial charge in [-0.15, -0.1) is 7.92 Å². The maximum Gasteiger partial charge on any atom is -0.000932 e. The molecule has 0 amide bonds. The lowest BCUT2D eigenvalue weighted by molar-refractivity contribution is 0.703. The van der Waals surface area contributed by atoms with Crippen LogP contribution in [0.25, 0.3) is 0 Å². The molecule has 0 aliphatic rings. The highest BCUT2D eigenvalue weighted by atomic mass is 31.1. The van der Waals surface area contributed by atoms with E-state index in [9.17, 15) is 0 Å². The second-order valence-corrected chi connectivity index (χ2v) is 7.72. The molecule has 0 bridgehead atoms. The zero-order valence-electron chi connectivity index (χ0n) is 9.93. The summed E-state index contributed by atoms with van der Waals surface area (Å²) in [6.07, 6.45) is 2.64. The SMILES string of the molecule is CCCNCCP(C(C)C)C(C)C. The maximum atomic E-state index is 3.49. The maximum absolute atomic E-state index is 3.49. The zero-order chi connectivity index (χ0) is 10.3. The molecule has 0 unspecified atom stereocenters. The van der Waals surface area contributed by atoms with Crippen molar-refractivity contribution in [2.45, 2.75) is 52.4 Å². The lowest BCUT2D eigenvalue weighted by Gasteiger charge is -2.25. The van der Waals surface area contributed by atoms with Crippen LogP contribution in [0.15, 0.2) is 0 Å². The molecule has 0 fully saturated rings. The molecule has 0 spiro atoms. The predicted octanol–water partition coefficient (Wildman–Crippen LogP) is 3.28. The standard InChI is InChI=1S/C11H26NP/c1-6-7-12-8-9-13(10(2)3)11(4)5/h10-12H,6-9H2,1-5H3. The minimum Gasteiger partial charge on any atom is -0.316 e. The van der Waals surface area contributed by atoms with Crippen molar-refractivity contribution in [3.05, 3.63) is 0 Å². The number of nitrogens with one attached hydrogen (secondary N) is 1. The summed E-state index contributed by atoms with van der Waals surface area (Å²) in [5.74, 6) is 0. The summed E-state index contributed by atoms with van der Waals surface area (Å²) < 4.78 is 0. The van der Waals surface area contributed by atoms with Crippen molar-refractivity contribution in [1.29, 1.82) is 0 Å². The minimum absolute atomic E-state index is 0.242. The Bertz CT molecular complexity index is 105. The Morgan fingerprint density at radius 1 is 1.00 bits per heavy atom. The van der Waals surface area contributed by atoms with Crippen LogP contribution >= 0.6 is 7.92 Å². The summed E-state index contributed by atoms with van der Waals surface area (Å²) in [4.78, 5) is 0. The van der Waals surface area contributed by atoms with Crippen LogP contribution in [0.2, 0.25) is 0 Å². The van der Waals surface area contributed by atoms with E-state index in [1.807, 2.05) is 0 Å². The highest BCUT2D eigenvalue weighted by molar-refractivity contribution is 7.59. The summed E-state index contributed by atoms with van der Waals surface area (Å²) in [6, 6.07) is 0. The van der Waals surface area contributed by atoms with Crippen LogP contribution in [0.4, 0.5) is 0 Å². The lowest BCUT2D eigenvalue weighted by atomic mass is 10.5. The van der Waals surface area contributed by atoms with Gasteiger partial charge >= 0.3 is 0 Å². The molecular formula is C11H26NP. The van der Waals surface area contributed by atoms with Crippen LogP contribution < -0.4 is 5.32 Å². The fourth-order valence-electron chi connectivity index (χ4n) is 1.62. The van der Waals surface area contributed by atoms with E-state index >= 15 is 0 Å². The topological polar surface area (TPSA) is 12.0 Å². The monoisotopic (exact) mass is 203 g/mol. The van der Waals surface area contributed by atoms with Gasteiger partial charge in [0.05, 0.1) is 0 Å². The molecule has 80 valence electrons. The first-order valence-electron chi connectivity index (χ1n) is 5.56. The van der Waals surface area contributed by atoms with Crippen molar-refractivity contribution < 1.29 is 0 Å². The van der Waals surface area contributed by atoms with E-state index in [1.165, 1.54) is 25.7 Å². The van der Waals surface area contributed by atoms with E-state index in [2.05, 4.69) is 39.9 Å². The summed E-state index contributed by atoms with van der Waals surface area (Å²) >= 11 is 0. The third kappa shape index (κ3) is 6.46. The third-order valence-electron chi connectivity index (χ3n) is 2.30. The van der Waals surface area contributed by atoms with Gasteiger partial charge in [-0.25, -0.2) is 0 Å². The molecule has 0 aromatic heterocycles. The molecule has 13 heavy (non-hydrogen) atoms. The zero-order valence-corrected chi connectivity index (χ0v) is 10.8. The first-order valence-corrected chi connectivity index (χ1v) is 7.22. The van der Waals surface area contributed by atoms with Crippen LogP contribution in [0.1, 0.15) is 41.0 Å². The van der Waals surface area contributed by atoms with Crippen LogP contribution in [0, 0.1) is 0 Å². The highest BCUT2D eigenvalue weighted by Crippen LogP contribution is 2.45. The molecule has 0 heterocycles. The molecule has 0 atom stereocenters. The van der Waals surface area contributed by atoms with E-state index in [-0.39, 0.29) is 7.92 Å². The second-order valence-electron chi connectivity index (χ2n) is 4.18. The third-order valence-corrected chi connectivity index (χ3v) is 5.69. The summed E-state index contributed by atoms with van der Waals surface area (Å²) in [5, 5.41) is 3.49. The molecule has 1 N–H and O–H groups in total. The van der Waals surface area contributed by atoms with Crippen molar-refractivity contribution >= 4 is 7.92 Å². The Morgan fingerprint density at radius 2 is 1.54 bits per heavy atom. The Balaban J connectivity index is 3.58. The number of hydrogen-bond acceptors (Lipinski definition) is 1. The Labute approximate surface area is 85.4 Å². The van der Waals surface area contributed by atoms with Gasteiger partial charge in [-0.1, -0.05) is 34.6 Å². The first-order chi connectivity index (χ1) is 6.09. The predicted molar refractivity (Wildman–Crippen MR) is 65.2 cm³/mol. The van der Waals surface area contributed by atoms with Gasteiger partial charge in [0, 0.05) is 0 Å². The van der Waals surface area contributed by atoms with Crippen molar-refractivity contribution in [2.24, 2.45) is 0 Å². The number of hydrogen-bond donors (Lipinski definition) is 1. The summed E-state index contributed by atoms with van der Waals surface area (Å²) in [5.41, 5.74) is 1.77. The molecule has 0 saturated heterocycles. The fraction of sp³-hybridized carbons (Fsp3) is 1.00. The molecule has 0 aromatic carbocycles. The van der Waals surface area contributed by atoms with Crippen LogP contribution in [0.3, 0.4) is 0 Å². The van der Waals surface area contributed by atoms with E-state index in [0.717, 1.165) is 11.3 Å². The van der Waals surface area contributed by atoms with Crippen molar-refractivity contribution in [3.8, 4) is 0 Å². The van der Waals surface area contributed by atoms with E-state index in [4.69, 9.17) is 0 Å². The fourth-order valence-corrected chi connectivity index (χ4v) is 4.26. The largest absolute Gasteiger partial charge is 0.316 e. The van der Waals surface area contributed by atoms with Gasteiger partial charge in [0.25, 0.3) is 0 Å². The molecule has 0 radical (unpaired) electrons. The molecular weight excluding hydrogens is 177 g/mol. The van der Waals surface area contributed by atoms with Crippen molar-refractivity contribution in [2.75, 3.05) is 19.3 Å². The van der Waals surface area contributed by atoms with Gasteiger partial charge in [-0.05, 0) is 37.0 Å². The van der Waals surface area contributed by atoms with Gasteiger partial charge in [0.15, 0.2) is 0 Å². The van der Waals surface area contributed by atoms with E-state index < -0.39 is 0 Å². The highest BCUT2D eigenvalue weighted by Gasteiger charge is 2.15. The van der Waals surface area contributed by atoms with Crippen LogP contribution in [0.5, 0.6) is 0 Å². The summed E-state index contributed by atoms with van der Waals surface area (Å²) in [7, 11) is 0.242. The van der Waals surface area contributed by atoms with Gasteiger partial charge in [-0.2, -0.15) is 0 Å². The Hall–Kier alpha value is 0.390. The van der Waals surface area contributed by atoms with Gasteiger partial charge in [0.1, 0.15) is 0 Å². The molecule has 0 aromatic rings. The van der Waals surface area contributed by atoms with Gasteiger partial charge in [0.2, 0.25) is 0 Å². The average molecular weight is 203 g/mol. The minimum atomic E-state index is 0.242. The molecule has 2 heteroatoms. The Morgan fingerprint density at radius 3 is 1.92 bits per heavy atom. The van der Waals surface area contributed by atoms with Gasteiger partial charge in [-0.3, -0.25) is 0 Å². The molecule has 0 aliphatic carbocycles. The molecule has 0 saturated carbocycles. The first kappa shape index (κ1) is 13.4.